The Hall–Kier alpha value is -2.14. The zero-order valence-corrected chi connectivity index (χ0v) is 10.8. The molecule has 6 heteroatoms. The van der Waals surface area contributed by atoms with Crippen molar-refractivity contribution in [3.05, 3.63) is 46.9 Å². The summed E-state index contributed by atoms with van der Waals surface area (Å²) in [6.07, 6.45) is 0. The summed E-state index contributed by atoms with van der Waals surface area (Å²) >= 11 is 5.80. The van der Waals surface area contributed by atoms with E-state index in [-0.39, 0.29) is 16.7 Å². The Morgan fingerprint density at radius 3 is 2.79 bits per heavy atom. The maximum absolute atomic E-state index is 14.1. The Morgan fingerprint density at radius 1 is 1.21 bits per heavy atom. The smallest absolute Gasteiger partial charge is 0.207 e. The maximum atomic E-state index is 14.1. The maximum Gasteiger partial charge on any atom is 0.207 e. The summed E-state index contributed by atoms with van der Waals surface area (Å²) in [6.45, 7) is 1.85. The number of fused-ring (bicyclic) bond motifs is 1. The zero-order valence-electron chi connectivity index (χ0n) is 10.1. The van der Waals surface area contributed by atoms with Crippen LogP contribution in [0.5, 0.6) is 0 Å². The minimum Gasteiger partial charge on any atom is -0.369 e. The largest absolute Gasteiger partial charge is 0.369 e. The molecule has 0 saturated carbocycles. The van der Waals surface area contributed by atoms with Gasteiger partial charge in [0.2, 0.25) is 5.95 Å². The molecule has 3 rings (SSSR count). The van der Waals surface area contributed by atoms with Gasteiger partial charge in [-0.2, -0.15) is 0 Å². The zero-order chi connectivity index (χ0) is 13.6. The summed E-state index contributed by atoms with van der Waals surface area (Å²) in [7, 11) is 0. The Labute approximate surface area is 113 Å². The number of nitrogens with zero attached hydrogens (tertiary/aromatic N) is 3. The van der Waals surface area contributed by atoms with Crippen LogP contribution in [-0.2, 0) is 0 Å². The van der Waals surface area contributed by atoms with Crippen LogP contribution in [0, 0.1) is 12.7 Å². The molecule has 3 aromatic rings. The highest BCUT2D eigenvalue weighted by atomic mass is 35.5. The second-order valence-electron chi connectivity index (χ2n) is 4.17. The monoisotopic (exact) mass is 276 g/mol. The summed E-state index contributed by atoms with van der Waals surface area (Å²) < 4.78 is 15.6. The molecule has 0 aliphatic heterocycles. The van der Waals surface area contributed by atoms with Crippen molar-refractivity contribution in [2.24, 2.45) is 0 Å². The average molecular weight is 277 g/mol. The summed E-state index contributed by atoms with van der Waals surface area (Å²) in [5, 5.41) is 0.0337. The third-order valence-corrected chi connectivity index (χ3v) is 3.13. The summed E-state index contributed by atoms with van der Waals surface area (Å²) in [4.78, 5) is 8.52. The topological polar surface area (TPSA) is 56.7 Å². The number of halogens is 2. The standard InChI is InChI=1S/C13H10ClFN4/c1-7-5-6-9-12(17-7)19(13(16)18-9)10-4-2-3-8(14)11(10)15/h2-6H,1H3,(H2,16,18). The van der Waals surface area contributed by atoms with Gasteiger partial charge in [0.15, 0.2) is 11.5 Å². The lowest BCUT2D eigenvalue weighted by atomic mass is 10.3. The van der Waals surface area contributed by atoms with Gasteiger partial charge in [0.25, 0.3) is 0 Å². The predicted octanol–water partition coefficient (Wildman–Crippen LogP) is 3.10. The van der Waals surface area contributed by atoms with Gasteiger partial charge >= 0.3 is 0 Å². The minimum atomic E-state index is -0.543. The highest BCUT2D eigenvalue weighted by Gasteiger charge is 2.16. The number of hydrogen-bond donors (Lipinski definition) is 1. The van der Waals surface area contributed by atoms with E-state index in [4.69, 9.17) is 17.3 Å². The second-order valence-corrected chi connectivity index (χ2v) is 4.58. The van der Waals surface area contributed by atoms with E-state index in [9.17, 15) is 4.39 Å². The highest BCUT2D eigenvalue weighted by Crippen LogP contribution is 2.27. The fraction of sp³-hybridized carbons (Fsp3) is 0.0769. The van der Waals surface area contributed by atoms with E-state index in [2.05, 4.69) is 9.97 Å². The molecular weight excluding hydrogens is 267 g/mol. The number of nitrogen functional groups attached to an aromatic ring is 1. The number of benzene rings is 1. The van der Waals surface area contributed by atoms with Crippen molar-refractivity contribution in [1.29, 1.82) is 0 Å². The second kappa shape index (κ2) is 4.20. The van der Waals surface area contributed by atoms with Gasteiger partial charge in [0.1, 0.15) is 5.52 Å². The molecule has 2 heterocycles. The Bertz CT molecular complexity index is 782. The number of aryl methyl sites for hydroxylation is 1. The molecule has 0 spiro atoms. The summed E-state index contributed by atoms with van der Waals surface area (Å²) in [6, 6.07) is 8.35. The molecule has 0 aliphatic rings. The molecule has 96 valence electrons. The number of nitrogens with two attached hydrogens (primary N) is 1. The molecule has 0 amide bonds. The number of anilines is 1. The SMILES string of the molecule is Cc1ccc2nc(N)n(-c3cccc(Cl)c3F)c2n1. The van der Waals surface area contributed by atoms with Crippen LogP contribution in [0.2, 0.25) is 5.02 Å². The van der Waals surface area contributed by atoms with Crippen LogP contribution < -0.4 is 5.73 Å². The Kier molecular flexibility index (Phi) is 2.64. The lowest BCUT2D eigenvalue weighted by molar-refractivity contribution is 0.620. The Balaban J connectivity index is 2.39. The van der Waals surface area contributed by atoms with Crippen LogP contribution in [0.4, 0.5) is 10.3 Å². The average Bonchev–Trinajstić information content (AvgIpc) is 2.69. The first-order chi connectivity index (χ1) is 9.08. The minimum absolute atomic E-state index is 0.0337. The van der Waals surface area contributed by atoms with Gasteiger partial charge in [0.05, 0.1) is 10.7 Å². The number of rotatable bonds is 1. The first-order valence-electron chi connectivity index (χ1n) is 5.64. The van der Waals surface area contributed by atoms with Crippen LogP contribution in [0.3, 0.4) is 0 Å². The molecule has 0 fully saturated rings. The molecule has 0 unspecified atom stereocenters. The van der Waals surface area contributed by atoms with E-state index in [1.807, 2.05) is 13.0 Å². The van der Waals surface area contributed by atoms with Crippen molar-refractivity contribution in [3.8, 4) is 5.69 Å². The number of pyridine rings is 1. The first-order valence-corrected chi connectivity index (χ1v) is 6.01. The van der Waals surface area contributed by atoms with E-state index in [1.54, 1.807) is 18.2 Å². The van der Waals surface area contributed by atoms with Crippen LogP contribution in [0.15, 0.2) is 30.3 Å². The van der Waals surface area contributed by atoms with Crippen LogP contribution in [0.1, 0.15) is 5.69 Å². The molecule has 2 N–H and O–H groups in total. The van der Waals surface area contributed by atoms with E-state index >= 15 is 0 Å². The van der Waals surface area contributed by atoms with Gasteiger partial charge in [-0.1, -0.05) is 17.7 Å². The van der Waals surface area contributed by atoms with Crippen LogP contribution in [0.25, 0.3) is 16.9 Å². The first kappa shape index (κ1) is 11.9. The number of imidazole rings is 1. The highest BCUT2D eigenvalue weighted by molar-refractivity contribution is 6.30. The third kappa shape index (κ3) is 1.82. The lowest BCUT2D eigenvalue weighted by Crippen LogP contribution is -2.04. The van der Waals surface area contributed by atoms with Gasteiger partial charge < -0.3 is 5.73 Å². The van der Waals surface area contributed by atoms with E-state index in [0.717, 1.165) is 5.69 Å². The van der Waals surface area contributed by atoms with Crippen molar-refractivity contribution in [1.82, 2.24) is 14.5 Å². The molecule has 19 heavy (non-hydrogen) atoms. The quantitative estimate of drug-likeness (QED) is 0.743. The summed E-state index contributed by atoms with van der Waals surface area (Å²) in [5.74, 6) is -0.368. The number of hydrogen-bond acceptors (Lipinski definition) is 3. The van der Waals surface area contributed by atoms with E-state index < -0.39 is 5.82 Å². The van der Waals surface area contributed by atoms with Gasteiger partial charge in [-0.15, -0.1) is 0 Å². The van der Waals surface area contributed by atoms with Gasteiger partial charge in [0, 0.05) is 5.69 Å². The summed E-state index contributed by atoms with van der Waals surface area (Å²) in [5.41, 5.74) is 8.03. The van der Waals surface area contributed by atoms with Crippen molar-refractivity contribution in [3.63, 3.8) is 0 Å². The molecule has 0 aliphatic carbocycles. The van der Waals surface area contributed by atoms with Crippen molar-refractivity contribution in [2.75, 3.05) is 5.73 Å². The molecule has 0 saturated heterocycles. The fourth-order valence-electron chi connectivity index (χ4n) is 1.97. The molecule has 0 radical (unpaired) electrons. The molecule has 0 bridgehead atoms. The third-order valence-electron chi connectivity index (χ3n) is 2.84. The van der Waals surface area contributed by atoms with Gasteiger partial charge in [-0.25, -0.2) is 14.4 Å². The lowest BCUT2D eigenvalue weighted by Gasteiger charge is -2.08. The molecule has 4 nitrogen and oxygen atoms in total. The van der Waals surface area contributed by atoms with Crippen molar-refractivity contribution < 1.29 is 4.39 Å². The van der Waals surface area contributed by atoms with E-state index in [0.29, 0.717) is 11.2 Å². The Morgan fingerprint density at radius 2 is 2.00 bits per heavy atom. The van der Waals surface area contributed by atoms with Crippen molar-refractivity contribution in [2.45, 2.75) is 6.92 Å². The molecular formula is C13H10ClFN4. The van der Waals surface area contributed by atoms with E-state index in [1.165, 1.54) is 10.6 Å². The van der Waals surface area contributed by atoms with Crippen LogP contribution in [-0.4, -0.2) is 14.5 Å². The fourth-order valence-corrected chi connectivity index (χ4v) is 2.14. The van der Waals surface area contributed by atoms with Crippen molar-refractivity contribution >= 4 is 28.7 Å². The molecule has 2 aromatic heterocycles. The predicted molar refractivity (Wildman–Crippen MR) is 73.0 cm³/mol. The van der Waals surface area contributed by atoms with Gasteiger partial charge in [-0.05, 0) is 31.2 Å². The molecule has 0 atom stereocenters. The number of aromatic nitrogens is 3. The van der Waals surface area contributed by atoms with Gasteiger partial charge in [-0.3, -0.25) is 4.57 Å². The van der Waals surface area contributed by atoms with Crippen LogP contribution >= 0.6 is 11.6 Å². The molecule has 1 aromatic carbocycles. The normalized spacial score (nSPS) is 11.1.